The summed E-state index contributed by atoms with van der Waals surface area (Å²) >= 11 is 1.69. The zero-order valence-electron chi connectivity index (χ0n) is 14.6. The summed E-state index contributed by atoms with van der Waals surface area (Å²) < 4.78 is 11.3. The number of piperazine rings is 1. The van der Waals surface area contributed by atoms with Crippen molar-refractivity contribution in [3.05, 3.63) is 16.1 Å². The van der Waals surface area contributed by atoms with Gasteiger partial charge in [-0.1, -0.05) is 0 Å². The first-order chi connectivity index (χ1) is 11.6. The van der Waals surface area contributed by atoms with Crippen LogP contribution in [0.3, 0.4) is 0 Å². The van der Waals surface area contributed by atoms with Crippen LogP contribution in [0.25, 0.3) is 0 Å². The molecule has 24 heavy (non-hydrogen) atoms. The van der Waals surface area contributed by atoms with E-state index in [0.29, 0.717) is 6.61 Å². The van der Waals surface area contributed by atoms with Crippen molar-refractivity contribution in [1.82, 2.24) is 14.8 Å². The van der Waals surface area contributed by atoms with Crippen molar-refractivity contribution in [1.29, 1.82) is 0 Å². The zero-order valence-corrected chi connectivity index (χ0v) is 15.4. The predicted molar refractivity (Wildman–Crippen MR) is 93.1 cm³/mol. The van der Waals surface area contributed by atoms with E-state index in [9.17, 15) is 4.79 Å². The van der Waals surface area contributed by atoms with Crippen LogP contribution in [0.4, 0.5) is 0 Å². The first kappa shape index (κ1) is 17.8. The van der Waals surface area contributed by atoms with Crippen molar-refractivity contribution >= 4 is 17.2 Å². The average Bonchev–Trinajstić information content (AvgIpc) is 3.24. The Kier molecular flexibility index (Phi) is 6.21. The fraction of sp³-hybridized carbons (Fsp3) is 0.765. The number of amides is 1. The molecule has 6 nitrogen and oxygen atoms in total. The van der Waals surface area contributed by atoms with Gasteiger partial charge in [0.15, 0.2) is 0 Å². The predicted octanol–water partition coefficient (Wildman–Crippen LogP) is 1.68. The van der Waals surface area contributed by atoms with Gasteiger partial charge in [0.1, 0.15) is 6.10 Å². The summed E-state index contributed by atoms with van der Waals surface area (Å²) in [5.41, 5.74) is 1.13. The number of hydrogen-bond acceptors (Lipinski definition) is 6. The highest BCUT2D eigenvalue weighted by atomic mass is 32.1. The Morgan fingerprint density at radius 3 is 2.88 bits per heavy atom. The fourth-order valence-corrected chi connectivity index (χ4v) is 3.80. The maximum Gasteiger partial charge on any atom is 0.251 e. The van der Waals surface area contributed by atoms with Gasteiger partial charge in [0, 0.05) is 44.7 Å². The second kappa shape index (κ2) is 8.38. The standard InChI is InChI=1S/C17H27N3O3S/c1-13(23-11-16-4-3-9-22-16)17(21)20-7-5-19(6-8-20)10-15-12-24-14(2)18-15/h12-13,16H,3-11H2,1-2H3. The molecule has 2 unspecified atom stereocenters. The molecule has 1 aromatic heterocycles. The number of rotatable bonds is 6. The van der Waals surface area contributed by atoms with Crippen LogP contribution in [-0.2, 0) is 20.8 Å². The Balaban J connectivity index is 1.39. The minimum atomic E-state index is -0.387. The molecule has 0 spiro atoms. The molecule has 0 radical (unpaired) electrons. The third-order valence-electron chi connectivity index (χ3n) is 4.64. The number of ether oxygens (including phenoxy) is 2. The first-order valence-corrected chi connectivity index (χ1v) is 9.65. The van der Waals surface area contributed by atoms with Crippen LogP contribution < -0.4 is 0 Å². The SMILES string of the molecule is Cc1nc(CN2CCN(C(=O)C(C)OCC3CCCO3)CC2)cs1. The van der Waals surface area contributed by atoms with Gasteiger partial charge >= 0.3 is 0 Å². The van der Waals surface area contributed by atoms with Crippen molar-refractivity contribution in [2.45, 2.75) is 45.4 Å². The lowest BCUT2D eigenvalue weighted by Gasteiger charge is -2.35. The summed E-state index contributed by atoms with van der Waals surface area (Å²) in [7, 11) is 0. The van der Waals surface area contributed by atoms with Gasteiger partial charge in [-0.3, -0.25) is 9.69 Å². The first-order valence-electron chi connectivity index (χ1n) is 8.77. The summed E-state index contributed by atoms with van der Waals surface area (Å²) in [4.78, 5) is 21.3. The molecule has 2 aliphatic heterocycles. The van der Waals surface area contributed by atoms with Gasteiger partial charge in [-0.25, -0.2) is 4.98 Å². The van der Waals surface area contributed by atoms with Gasteiger partial charge in [-0.15, -0.1) is 11.3 Å². The molecule has 2 aliphatic rings. The van der Waals surface area contributed by atoms with Crippen LogP contribution in [0, 0.1) is 6.92 Å². The Morgan fingerprint density at radius 1 is 1.46 bits per heavy atom. The molecule has 7 heteroatoms. The molecule has 0 bridgehead atoms. The number of hydrogen-bond donors (Lipinski definition) is 0. The average molecular weight is 353 g/mol. The van der Waals surface area contributed by atoms with Crippen LogP contribution in [-0.4, -0.2) is 72.3 Å². The van der Waals surface area contributed by atoms with Crippen LogP contribution in [0.15, 0.2) is 5.38 Å². The van der Waals surface area contributed by atoms with Gasteiger partial charge in [0.05, 0.1) is 23.4 Å². The topological polar surface area (TPSA) is 54.9 Å². The monoisotopic (exact) mass is 353 g/mol. The highest BCUT2D eigenvalue weighted by molar-refractivity contribution is 7.09. The molecule has 0 N–H and O–H groups in total. The Hall–Kier alpha value is -1.02. The second-order valence-electron chi connectivity index (χ2n) is 6.57. The number of thiazole rings is 1. The lowest BCUT2D eigenvalue weighted by atomic mass is 10.2. The Labute approximate surface area is 147 Å². The lowest BCUT2D eigenvalue weighted by molar-refractivity contribution is -0.146. The number of aryl methyl sites for hydroxylation is 1. The van der Waals surface area contributed by atoms with Crippen LogP contribution >= 0.6 is 11.3 Å². The largest absolute Gasteiger partial charge is 0.376 e. The van der Waals surface area contributed by atoms with E-state index >= 15 is 0 Å². The Bertz CT molecular complexity index is 537. The highest BCUT2D eigenvalue weighted by Gasteiger charge is 2.26. The molecular formula is C17H27N3O3S. The van der Waals surface area contributed by atoms with Gasteiger partial charge in [0.25, 0.3) is 5.91 Å². The van der Waals surface area contributed by atoms with Crippen LogP contribution in [0.2, 0.25) is 0 Å². The smallest absolute Gasteiger partial charge is 0.251 e. The summed E-state index contributed by atoms with van der Waals surface area (Å²) in [6, 6.07) is 0. The van der Waals surface area contributed by atoms with Crippen molar-refractivity contribution < 1.29 is 14.3 Å². The van der Waals surface area contributed by atoms with E-state index in [4.69, 9.17) is 9.47 Å². The van der Waals surface area contributed by atoms with E-state index in [1.54, 1.807) is 11.3 Å². The number of carbonyl (C=O) groups excluding carboxylic acids is 1. The zero-order chi connectivity index (χ0) is 16.9. The van der Waals surface area contributed by atoms with E-state index in [2.05, 4.69) is 15.3 Å². The van der Waals surface area contributed by atoms with E-state index in [0.717, 1.165) is 62.9 Å². The summed E-state index contributed by atoms with van der Waals surface area (Å²) in [6.45, 7) is 9.39. The van der Waals surface area contributed by atoms with E-state index in [-0.39, 0.29) is 18.1 Å². The molecule has 134 valence electrons. The molecule has 2 saturated heterocycles. The maximum atomic E-state index is 12.5. The van der Waals surface area contributed by atoms with Gasteiger partial charge in [0.2, 0.25) is 0 Å². The fourth-order valence-electron chi connectivity index (χ4n) is 3.19. The number of nitrogens with zero attached hydrogens (tertiary/aromatic N) is 3. The number of aromatic nitrogens is 1. The molecule has 3 heterocycles. The molecule has 0 saturated carbocycles. The number of carbonyl (C=O) groups is 1. The summed E-state index contributed by atoms with van der Waals surface area (Å²) in [5, 5.41) is 3.23. The quantitative estimate of drug-likeness (QED) is 0.779. The van der Waals surface area contributed by atoms with E-state index in [1.165, 1.54) is 0 Å². The van der Waals surface area contributed by atoms with Crippen LogP contribution in [0.1, 0.15) is 30.5 Å². The molecule has 0 aliphatic carbocycles. The molecule has 1 amide bonds. The molecule has 1 aromatic rings. The minimum absolute atomic E-state index is 0.0946. The third kappa shape index (κ3) is 4.75. The normalized spacial score (nSPS) is 23.6. The molecule has 2 fully saturated rings. The highest BCUT2D eigenvalue weighted by Crippen LogP contribution is 2.15. The molecule has 2 atom stereocenters. The second-order valence-corrected chi connectivity index (χ2v) is 7.63. The summed E-state index contributed by atoms with van der Waals surface area (Å²) in [5.74, 6) is 0.0946. The Morgan fingerprint density at radius 2 is 2.25 bits per heavy atom. The van der Waals surface area contributed by atoms with Crippen molar-refractivity contribution in [3.8, 4) is 0 Å². The van der Waals surface area contributed by atoms with Crippen LogP contribution in [0.5, 0.6) is 0 Å². The van der Waals surface area contributed by atoms with Gasteiger partial charge < -0.3 is 14.4 Å². The van der Waals surface area contributed by atoms with E-state index in [1.807, 2.05) is 18.7 Å². The van der Waals surface area contributed by atoms with Gasteiger partial charge in [-0.2, -0.15) is 0 Å². The molecule has 3 rings (SSSR count). The lowest BCUT2D eigenvalue weighted by Crippen LogP contribution is -2.51. The molecular weight excluding hydrogens is 326 g/mol. The van der Waals surface area contributed by atoms with Crippen molar-refractivity contribution in [3.63, 3.8) is 0 Å². The van der Waals surface area contributed by atoms with Gasteiger partial charge in [-0.05, 0) is 26.7 Å². The summed E-state index contributed by atoms with van der Waals surface area (Å²) in [6.07, 6.45) is 1.91. The third-order valence-corrected chi connectivity index (χ3v) is 5.46. The maximum absolute atomic E-state index is 12.5. The minimum Gasteiger partial charge on any atom is -0.376 e. The van der Waals surface area contributed by atoms with Crippen molar-refractivity contribution in [2.24, 2.45) is 0 Å². The van der Waals surface area contributed by atoms with Crippen molar-refractivity contribution in [2.75, 3.05) is 39.4 Å². The molecule has 0 aromatic carbocycles. The van der Waals surface area contributed by atoms with E-state index < -0.39 is 0 Å².